The minimum absolute atomic E-state index is 0.0547. The van der Waals surface area contributed by atoms with E-state index in [2.05, 4.69) is 92.1 Å². The van der Waals surface area contributed by atoms with Gasteiger partial charge in [-0.3, -0.25) is 9.59 Å². The first kappa shape index (κ1) is 48.8. The monoisotopic (exact) mass is 725 g/mol. The molecule has 0 rings (SSSR count). The second kappa shape index (κ2) is 39.0. The summed E-state index contributed by atoms with van der Waals surface area (Å²) in [4.78, 5) is 36.3. The summed E-state index contributed by atoms with van der Waals surface area (Å²) < 4.78 is 5.99. The van der Waals surface area contributed by atoms with Gasteiger partial charge in [0.1, 0.15) is 12.1 Å². The highest BCUT2D eigenvalue weighted by Crippen LogP contribution is 2.17. The van der Waals surface area contributed by atoms with Crippen molar-refractivity contribution >= 4 is 17.8 Å². The van der Waals surface area contributed by atoms with Gasteiger partial charge in [0, 0.05) is 12.8 Å². The van der Waals surface area contributed by atoms with Gasteiger partial charge in [-0.15, -0.1) is 0 Å². The van der Waals surface area contributed by atoms with E-state index in [0.29, 0.717) is 32.2 Å². The Morgan fingerprint density at radius 2 is 1.08 bits per heavy atom. The van der Waals surface area contributed by atoms with Crippen LogP contribution in [0.4, 0.5) is 0 Å². The van der Waals surface area contributed by atoms with Crippen LogP contribution < -0.4 is 11.1 Å². The van der Waals surface area contributed by atoms with Crippen LogP contribution in [0.3, 0.4) is 0 Å². The highest BCUT2D eigenvalue weighted by molar-refractivity contribution is 5.83. The molecular formula is C45H76N2O5. The van der Waals surface area contributed by atoms with E-state index in [-0.39, 0.29) is 18.0 Å². The standard InChI is InChI=1S/C45H76N2O5/c1-3-5-7-9-11-13-15-16-17-18-20-22-24-29-33-39-44(49)52-41(35-30-26-23-21-19-14-12-10-8-6-4-2)36-31-27-25-28-32-38-43(48)47-42(45(50)51)37-34-40-46/h5,7,11-14,16-17,20-23,41-42H,3-4,6,8-10,15,18-19,24-40,46H2,1-2H3,(H,47,48)(H,50,51)/b7-5-,13-11-,14-12-,17-16-,22-20-,23-21-. The molecule has 0 bridgehead atoms. The van der Waals surface area contributed by atoms with Crippen LogP contribution in [0, 0.1) is 0 Å². The predicted octanol–water partition coefficient (Wildman–Crippen LogP) is 11.6. The Bertz CT molecular complexity index is 1040. The third-order valence-corrected chi connectivity index (χ3v) is 8.76. The number of carboxylic acid groups (broad SMARTS) is 1. The van der Waals surface area contributed by atoms with E-state index >= 15 is 0 Å². The number of carboxylic acids is 1. The maximum Gasteiger partial charge on any atom is 0.326 e. The first-order valence-corrected chi connectivity index (χ1v) is 20.8. The fraction of sp³-hybridized carbons (Fsp3) is 0.667. The second-order valence-electron chi connectivity index (χ2n) is 13.7. The first-order chi connectivity index (χ1) is 25.4. The molecule has 0 aliphatic carbocycles. The normalized spacial score (nSPS) is 13.4. The number of nitrogens with one attached hydrogen (secondary N) is 1. The number of ether oxygens (including phenoxy) is 1. The van der Waals surface area contributed by atoms with Gasteiger partial charge in [-0.2, -0.15) is 0 Å². The lowest BCUT2D eigenvalue weighted by Gasteiger charge is -2.18. The molecule has 0 aliphatic rings. The maximum absolute atomic E-state index is 12.7. The van der Waals surface area contributed by atoms with Crippen LogP contribution in [0.25, 0.3) is 0 Å². The molecule has 0 aliphatic heterocycles. The Labute approximate surface area is 318 Å². The van der Waals surface area contributed by atoms with Crippen molar-refractivity contribution in [3.05, 3.63) is 72.9 Å². The van der Waals surface area contributed by atoms with E-state index in [4.69, 9.17) is 10.5 Å². The maximum atomic E-state index is 12.7. The molecule has 1 amide bonds. The van der Waals surface area contributed by atoms with Crippen molar-refractivity contribution in [1.82, 2.24) is 5.32 Å². The zero-order valence-corrected chi connectivity index (χ0v) is 33.1. The van der Waals surface area contributed by atoms with Crippen molar-refractivity contribution in [2.45, 2.75) is 187 Å². The molecule has 4 N–H and O–H groups in total. The number of carbonyl (C=O) groups is 3. The number of nitrogens with two attached hydrogens (primary N) is 1. The van der Waals surface area contributed by atoms with E-state index in [1.54, 1.807) is 0 Å². The van der Waals surface area contributed by atoms with Crippen molar-refractivity contribution < 1.29 is 24.2 Å². The number of amides is 1. The van der Waals surface area contributed by atoms with Gasteiger partial charge < -0.3 is 20.9 Å². The number of rotatable bonds is 36. The molecule has 296 valence electrons. The molecule has 2 unspecified atom stereocenters. The first-order valence-electron chi connectivity index (χ1n) is 20.8. The molecule has 0 saturated heterocycles. The Hall–Kier alpha value is -3.19. The topological polar surface area (TPSA) is 119 Å². The van der Waals surface area contributed by atoms with Crippen molar-refractivity contribution in [2.24, 2.45) is 5.73 Å². The van der Waals surface area contributed by atoms with E-state index in [0.717, 1.165) is 116 Å². The van der Waals surface area contributed by atoms with Crippen LogP contribution in [0.1, 0.15) is 174 Å². The van der Waals surface area contributed by atoms with Gasteiger partial charge in [-0.05, 0) is 122 Å². The summed E-state index contributed by atoms with van der Waals surface area (Å²) in [5.41, 5.74) is 5.48. The molecule has 2 atom stereocenters. The molecule has 52 heavy (non-hydrogen) atoms. The third-order valence-electron chi connectivity index (χ3n) is 8.76. The molecule has 7 heteroatoms. The lowest BCUT2D eigenvalue weighted by Crippen LogP contribution is -2.40. The van der Waals surface area contributed by atoms with Crippen LogP contribution in [0.15, 0.2) is 72.9 Å². The summed E-state index contributed by atoms with van der Waals surface area (Å²) in [5.74, 6) is -1.32. The van der Waals surface area contributed by atoms with Crippen molar-refractivity contribution in [3.63, 3.8) is 0 Å². The minimum atomic E-state index is -1.01. The van der Waals surface area contributed by atoms with Crippen LogP contribution >= 0.6 is 0 Å². The smallest absolute Gasteiger partial charge is 0.326 e. The summed E-state index contributed by atoms with van der Waals surface area (Å²) in [6, 6.07) is -0.867. The molecule has 0 aromatic heterocycles. The second-order valence-corrected chi connectivity index (χ2v) is 13.7. The molecule has 0 fully saturated rings. The number of unbranched alkanes of at least 4 members (excludes halogenated alkanes) is 10. The number of aliphatic carboxylic acids is 1. The van der Waals surface area contributed by atoms with E-state index in [1.165, 1.54) is 19.3 Å². The van der Waals surface area contributed by atoms with Gasteiger partial charge in [-0.25, -0.2) is 4.79 Å². The summed E-state index contributed by atoms with van der Waals surface area (Å²) >= 11 is 0. The van der Waals surface area contributed by atoms with Crippen LogP contribution in [-0.4, -0.2) is 41.6 Å². The van der Waals surface area contributed by atoms with Gasteiger partial charge in [-0.1, -0.05) is 119 Å². The number of hydrogen-bond donors (Lipinski definition) is 3. The van der Waals surface area contributed by atoms with Crippen molar-refractivity contribution in [3.8, 4) is 0 Å². The molecule has 0 aromatic carbocycles. The predicted molar refractivity (Wildman–Crippen MR) is 220 cm³/mol. The Balaban J connectivity index is 4.47. The van der Waals surface area contributed by atoms with Crippen LogP contribution in [0.2, 0.25) is 0 Å². The summed E-state index contributed by atoms with van der Waals surface area (Å²) in [6.45, 7) is 4.78. The molecule has 0 radical (unpaired) electrons. The lowest BCUT2D eigenvalue weighted by atomic mass is 10.0. The molecule has 0 heterocycles. The van der Waals surface area contributed by atoms with Gasteiger partial charge in [0.15, 0.2) is 0 Å². The zero-order chi connectivity index (χ0) is 38.2. The van der Waals surface area contributed by atoms with Gasteiger partial charge in [0.2, 0.25) is 5.91 Å². The number of hydrogen-bond acceptors (Lipinski definition) is 5. The largest absolute Gasteiger partial charge is 0.480 e. The highest BCUT2D eigenvalue weighted by atomic mass is 16.5. The Kier molecular flexibility index (Phi) is 36.6. The lowest BCUT2D eigenvalue weighted by molar-refractivity contribution is -0.150. The van der Waals surface area contributed by atoms with E-state index in [9.17, 15) is 19.5 Å². The summed E-state index contributed by atoms with van der Waals surface area (Å²) in [6.07, 6.45) is 49.4. The van der Waals surface area contributed by atoms with Crippen LogP contribution in [0.5, 0.6) is 0 Å². The minimum Gasteiger partial charge on any atom is -0.480 e. The van der Waals surface area contributed by atoms with Crippen molar-refractivity contribution in [2.75, 3.05) is 6.54 Å². The average molecular weight is 725 g/mol. The van der Waals surface area contributed by atoms with Crippen LogP contribution in [-0.2, 0) is 19.1 Å². The number of allylic oxidation sites excluding steroid dienone is 12. The molecule has 0 spiro atoms. The van der Waals surface area contributed by atoms with Gasteiger partial charge in [0.25, 0.3) is 0 Å². The van der Waals surface area contributed by atoms with Crippen molar-refractivity contribution in [1.29, 1.82) is 0 Å². The Morgan fingerprint density at radius 3 is 1.65 bits per heavy atom. The molecular weight excluding hydrogens is 649 g/mol. The summed E-state index contributed by atoms with van der Waals surface area (Å²) in [5, 5.41) is 11.9. The zero-order valence-electron chi connectivity index (χ0n) is 33.1. The SMILES string of the molecule is CC/C=C\C/C=C\C/C=C\C/C=C\CCCCC(=O)OC(CCC/C=C\C/C=C\CCCCC)CCCCCCCC(=O)NC(CCCN)C(=O)O. The fourth-order valence-electron chi connectivity index (χ4n) is 5.65. The Morgan fingerprint density at radius 1 is 0.577 bits per heavy atom. The van der Waals surface area contributed by atoms with Gasteiger partial charge in [0.05, 0.1) is 0 Å². The van der Waals surface area contributed by atoms with E-state index in [1.807, 2.05) is 0 Å². The van der Waals surface area contributed by atoms with Gasteiger partial charge >= 0.3 is 11.9 Å². The molecule has 0 aromatic rings. The van der Waals surface area contributed by atoms with E-state index < -0.39 is 12.0 Å². The summed E-state index contributed by atoms with van der Waals surface area (Å²) in [7, 11) is 0. The quantitative estimate of drug-likeness (QED) is 0.0336. The average Bonchev–Trinajstić information content (AvgIpc) is 3.13. The fourth-order valence-corrected chi connectivity index (χ4v) is 5.65. The highest BCUT2D eigenvalue weighted by Gasteiger charge is 2.19. The molecule has 0 saturated carbocycles. The number of carbonyl (C=O) groups excluding carboxylic acids is 2. The number of esters is 1. The molecule has 7 nitrogen and oxygen atoms in total. The third kappa shape index (κ3) is 35.2.